The van der Waals surface area contributed by atoms with Crippen LogP contribution in [0.25, 0.3) is 0 Å². The number of hydrogen-bond donors (Lipinski definition) is 0. The minimum absolute atomic E-state index is 0.324. The number of carbonyl (C=O) groups is 2. The van der Waals surface area contributed by atoms with E-state index in [0.29, 0.717) is 24.3 Å². The van der Waals surface area contributed by atoms with E-state index < -0.39 is 11.9 Å². The molecule has 1 heterocycles. The summed E-state index contributed by atoms with van der Waals surface area (Å²) >= 11 is 1.36. The predicted molar refractivity (Wildman–Crippen MR) is 79.4 cm³/mol. The largest absolute Gasteiger partial charge is 0.462 e. The van der Waals surface area contributed by atoms with E-state index in [9.17, 15) is 9.59 Å². The molecule has 0 unspecified atom stereocenters. The van der Waals surface area contributed by atoms with Gasteiger partial charge in [0.1, 0.15) is 0 Å². The van der Waals surface area contributed by atoms with Gasteiger partial charge in [-0.25, -0.2) is 9.59 Å². The van der Waals surface area contributed by atoms with Crippen LogP contribution in [0.4, 0.5) is 0 Å². The molecule has 0 radical (unpaired) electrons. The van der Waals surface area contributed by atoms with Crippen LogP contribution in [0.15, 0.2) is 5.38 Å². The molecule has 1 rings (SSSR count). The molecular formula is C15H22O4S. The summed E-state index contributed by atoms with van der Waals surface area (Å²) in [4.78, 5) is 24.8. The number of rotatable bonds is 8. The minimum atomic E-state index is -0.440. The van der Waals surface area contributed by atoms with E-state index in [1.54, 1.807) is 5.38 Å². The first kappa shape index (κ1) is 16.7. The molecule has 0 fully saturated rings. The Morgan fingerprint density at radius 1 is 1.05 bits per heavy atom. The topological polar surface area (TPSA) is 52.6 Å². The van der Waals surface area contributed by atoms with Crippen LogP contribution in [0.2, 0.25) is 0 Å². The molecule has 1 aromatic heterocycles. The van der Waals surface area contributed by atoms with E-state index in [0.717, 1.165) is 30.6 Å². The first-order valence-corrected chi connectivity index (χ1v) is 7.92. The van der Waals surface area contributed by atoms with Gasteiger partial charge in [0.05, 0.1) is 24.3 Å². The fourth-order valence-corrected chi connectivity index (χ4v) is 2.45. The van der Waals surface area contributed by atoms with Crippen molar-refractivity contribution in [2.45, 2.75) is 46.5 Å². The Morgan fingerprint density at radius 3 is 2.15 bits per heavy atom. The highest BCUT2D eigenvalue weighted by molar-refractivity contribution is 7.10. The monoisotopic (exact) mass is 298 g/mol. The fraction of sp³-hybridized carbons (Fsp3) is 0.600. The fourth-order valence-electron chi connectivity index (χ4n) is 1.63. The maximum Gasteiger partial charge on any atom is 0.340 e. The number of aryl methyl sites for hydroxylation is 1. The number of thiophene rings is 1. The second kappa shape index (κ2) is 8.74. The summed E-state index contributed by atoms with van der Waals surface area (Å²) in [7, 11) is 0. The van der Waals surface area contributed by atoms with Gasteiger partial charge >= 0.3 is 11.9 Å². The molecule has 0 atom stereocenters. The quantitative estimate of drug-likeness (QED) is 0.538. The average molecular weight is 298 g/mol. The van der Waals surface area contributed by atoms with Gasteiger partial charge in [0.2, 0.25) is 0 Å². The molecular weight excluding hydrogens is 276 g/mol. The van der Waals surface area contributed by atoms with Crippen LogP contribution in [0.5, 0.6) is 0 Å². The average Bonchev–Trinajstić information content (AvgIpc) is 2.81. The van der Waals surface area contributed by atoms with Crippen LogP contribution in [0, 0.1) is 6.92 Å². The third kappa shape index (κ3) is 4.63. The normalized spacial score (nSPS) is 10.3. The number of carbonyl (C=O) groups excluding carboxylic acids is 2. The van der Waals surface area contributed by atoms with Crippen LogP contribution in [0.3, 0.4) is 0 Å². The smallest absolute Gasteiger partial charge is 0.340 e. The Balaban J connectivity index is 2.73. The molecule has 0 saturated heterocycles. The third-order valence-corrected chi connectivity index (χ3v) is 3.77. The molecule has 0 saturated carbocycles. The molecule has 0 aromatic carbocycles. The van der Waals surface area contributed by atoms with Crippen LogP contribution < -0.4 is 0 Å². The van der Waals surface area contributed by atoms with Gasteiger partial charge in [-0.05, 0) is 19.8 Å². The van der Waals surface area contributed by atoms with Crippen LogP contribution in [-0.2, 0) is 9.47 Å². The van der Waals surface area contributed by atoms with Crippen LogP contribution >= 0.6 is 11.3 Å². The van der Waals surface area contributed by atoms with Gasteiger partial charge in [0.15, 0.2) is 0 Å². The number of unbranched alkanes of at least 4 members (excludes halogenated alkanes) is 2. The number of esters is 2. The second-order valence-electron chi connectivity index (χ2n) is 4.56. The standard InChI is InChI=1S/C15H22O4S/c1-4-6-8-18-14(16)12-10-20-11(3)13(12)15(17)19-9-7-5-2/h10H,4-9H2,1-3H3. The zero-order valence-corrected chi connectivity index (χ0v) is 13.2. The summed E-state index contributed by atoms with van der Waals surface area (Å²) in [6.07, 6.45) is 3.57. The molecule has 0 aliphatic rings. The zero-order chi connectivity index (χ0) is 15.0. The van der Waals surface area contributed by atoms with Gasteiger partial charge in [0, 0.05) is 10.3 Å². The van der Waals surface area contributed by atoms with Gasteiger partial charge in [-0.1, -0.05) is 26.7 Å². The lowest BCUT2D eigenvalue weighted by Crippen LogP contribution is -2.14. The van der Waals surface area contributed by atoms with Crippen molar-refractivity contribution in [2.24, 2.45) is 0 Å². The molecule has 0 bridgehead atoms. The van der Waals surface area contributed by atoms with Crippen molar-refractivity contribution in [1.29, 1.82) is 0 Å². The van der Waals surface area contributed by atoms with Crippen molar-refractivity contribution in [2.75, 3.05) is 13.2 Å². The highest BCUT2D eigenvalue weighted by Crippen LogP contribution is 2.23. The lowest BCUT2D eigenvalue weighted by Gasteiger charge is -2.07. The summed E-state index contributed by atoms with van der Waals surface area (Å²) in [5.41, 5.74) is 0.678. The molecule has 5 heteroatoms. The highest BCUT2D eigenvalue weighted by atomic mass is 32.1. The van der Waals surface area contributed by atoms with Crippen molar-refractivity contribution in [3.63, 3.8) is 0 Å². The van der Waals surface area contributed by atoms with E-state index in [-0.39, 0.29) is 0 Å². The first-order chi connectivity index (χ1) is 9.61. The Kier molecular flexibility index (Phi) is 7.30. The van der Waals surface area contributed by atoms with Gasteiger partial charge in [-0.2, -0.15) is 0 Å². The first-order valence-electron chi connectivity index (χ1n) is 7.04. The van der Waals surface area contributed by atoms with E-state index in [1.165, 1.54) is 11.3 Å². The number of ether oxygens (including phenoxy) is 2. The molecule has 112 valence electrons. The van der Waals surface area contributed by atoms with Crippen molar-refractivity contribution >= 4 is 23.3 Å². The summed E-state index contributed by atoms with van der Waals surface area (Å²) in [5.74, 6) is -0.870. The second-order valence-corrected chi connectivity index (χ2v) is 5.64. The lowest BCUT2D eigenvalue weighted by molar-refractivity contribution is 0.0453. The summed E-state index contributed by atoms with van der Waals surface area (Å²) in [6, 6.07) is 0. The maximum atomic E-state index is 12.0. The van der Waals surface area contributed by atoms with Crippen LogP contribution in [-0.4, -0.2) is 25.2 Å². The Bertz CT molecular complexity index is 451. The molecule has 0 spiro atoms. The summed E-state index contributed by atoms with van der Waals surface area (Å²) in [6.45, 7) is 6.63. The number of hydrogen-bond acceptors (Lipinski definition) is 5. The van der Waals surface area contributed by atoms with Crippen LogP contribution in [0.1, 0.15) is 65.1 Å². The SMILES string of the molecule is CCCCOC(=O)c1csc(C)c1C(=O)OCCCC. The van der Waals surface area contributed by atoms with Crippen molar-refractivity contribution in [1.82, 2.24) is 0 Å². The van der Waals surface area contributed by atoms with Gasteiger partial charge in [-0.15, -0.1) is 11.3 Å². The van der Waals surface area contributed by atoms with Gasteiger partial charge in [-0.3, -0.25) is 0 Å². The Hall–Kier alpha value is -1.36. The molecule has 0 N–H and O–H groups in total. The molecule has 0 aliphatic heterocycles. The van der Waals surface area contributed by atoms with E-state index >= 15 is 0 Å². The summed E-state index contributed by atoms with van der Waals surface area (Å²) < 4.78 is 10.3. The van der Waals surface area contributed by atoms with E-state index in [2.05, 4.69) is 0 Å². The Morgan fingerprint density at radius 2 is 1.60 bits per heavy atom. The highest BCUT2D eigenvalue weighted by Gasteiger charge is 2.23. The van der Waals surface area contributed by atoms with Gasteiger partial charge in [0.25, 0.3) is 0 Å². The summed E-state index contributed by atoms with van der Waals surface area (Å²) in [5, 5.41) is 1.67. The third-order valence-electron chi connectivity index (χ3n) is 2.86. The van der Waals surface area contributed by atoms with E-state index in [1.807, 2.05) is 20.8 Å². The van der Waals surface area contributed by atoms with Gasteiger partial charge < -0.3 is 9.47 Å². The zero-order valence-electron chi connectivity index (χ0n) is 12.4. The van der Waals surface area contributed by atoms with Crippen molar-refractivity contribution < 1.29 is 19.1 Å². The minimum Gasteiger partial charge on any atom is -0.462 e. The molecule has 1 aromatic rings. The van der Waals surface area contributed by atoms with E-state index in [4.69, 9.17) is 9.47 Å². The van der Waals surface area contributed by atoms with Crippen molar-refractivity contribution in [3.8, 4) is 0 Å². The Labute approximate surface area is 124 Å². The van der Waals surface area contributed by atoms with Crippen molar-refractivity contribution in [3.05, 3.63) is 21.4 Å². The molecule has 4 nitrogen and oxygen atoms in total. The maximum absolute atomic E-state index is 12.0. The molecule has 20 heavy (non-hydrogen) atoms. The lowest BCUT2D eigenvalue weighted by atomic mass is 10.1. The molecule has 0 amide bonds. The molecule has 0 aliphatic carbocycles. The predicted octanol–water partition coefficient (Wildman–Crippen LogP) is 3.97.